The Bertz CT molecular complexity index is 359. The highest BCUT2D eigenvalue weighted by molar-refractivity contribution is 6.28. The summed E-state index contributed by atoms with van der Waals surface area (Å²) in [6, 6.07) is 6.48. The second-order valence-electron chi connectivity index (χ2n) is 2.65. The number of amidine groups is 1. The van der Waals surface area contributed by atoms with E-state index in [2.05, 4.69) is 4.99 Å². The minimum Gasteiger partial charge on any atom is -0.386 e. The van der Waals surface area contributed by atoms with Crippen LogP contribution in [0, 0.1) is 0 Å². The van der Waals surface area contributed by atoms with Crippen molar-refractivity contribution >= 4 is 29.0 Å². The van der Waals surface area contributed by atoms with Crippen LogP contribution in [0.15, 0.2) is 29.3 Å². The normalized spacial score (nSPS) is 11.4. The van der Waals surface area contributed by atoms with Gasteiger partial charge < -0.3 is 11.5 Å². The maximum atomic E-state index is 10.7. The molecule has 0 radical (unpaired) electrons. The largest absolute Gasteiger partial charge is 0.386 e. The first-order valence-electron chi connectivity index (χ1n) is 3.92. The third-order valence-electron chi connectivity index (χ3n) is 1.56. The van der Waals surface area contributed by atoms with Gasteiger partial charge in [0.2, 0.25) is 5.91 Å². The summed E-state index contributed by atoms with van der Waals surface area (Å²) in [7, 11) is 0. The number of aliphatic imine (C=N–C) groups is 1. The van der Waals surface area contributed by atoms with E-state index in [1.54, 1.807) is 24.3 Å². The number of benzene rings is 1. The van der Waals surface area contributed by atoms with Gasteiger partial charge in [-0.25, -0.2) is 4.99 Å². The van der Waals surface area contributed by atoms with E-state index >= 15 is 0 Å². The summed E-state index contributed by atoms with van der Waals surface area (Å²) in [6.45, 7) is 0. The first-order chi connectivity index (χ1) is 6.63. The predicted octanol–water partition coefficient (Wildman–Crippen LogP) is 1.01. The molecule has 14 heavy (non-hydrogen) atoms. The monoisotopic (exact) mass is 211 g/mol. The van der Waals surface area contributed by atoms with E-state index < -0.39 is 5.91 Å². The summed E-state index contributed by atoms with van der Waals surface area (Å²) in [6.07, 6.45) is 0. The molecule has 4 N–H and O–H groups in total. The topological polar surface area (TPSA) is 81.5 Å². The third kappa shape index (κ3) is 2.74. The summed E-state index contributed by atoms with van der Waals surface area (Å²) < 4.78 is 0. The maximum absolute atomic E-state index is 10.7. The quantitative estimate of drug-likeness (QED) is 0.445. The van der Waals surface area contributed by atoms with Crippen LogP contribution in [0.25, 0.3) is 0 Å². The average molecular weight is 212 g/mol. The molecule has 0 fully saturated rings. The molecule has 0 unspecified atom stereocenters. The van der Waals surface area contributed by atoms with E-state index in [0.29, 0.717) is 17.1 Å². The molecule has 0 aliphatic carbocycles. The fourth-order valence-electron chi connectivity index (χ4n) is 0.896. The number of rotatable bonds is 3. The first kappa shape index (κ1) is 10.5. The van der Waals surface area contributed by atoms with Gasteiger partial charge >= 0.3 is 0 Å². The fourth-order valence-corrected chi connectivity index (χ4v) is 0.956. The molecule has 4 nitrogen and oxygen atoms in total. The van der Waals surface area contributed by atoms with Crippen LogP contribution in [0.1, 0.15) is 10.4 Å². The molecule has 1 aromatic rings. The minimum absolute atomic E-state index is 0.178. The molecule has 1 amide bonds. The Morgan fingerprint density at radius 3 is 2.29 bits per heavy atom. The van der Waals surface area contributed by atoms with Crippen molar-refractivity contribution in [1.29, 1.82) is 0 Å². The van der Waals surface area contributed by atoms with Crippen molar-refractivity contribution in [2.45, 2.75) is 0 Å². The Morgan fingerprint density at radius 1 is 1.29 bits per heavy atom. The van der Waals surface area contributed by atoms with Crippen molar-refractivity contribution in [3.05, 3.63) is 29.8 Å². The minimum atomic E-state index is -0.467. The van der Waals surface area contributed by atoms with E-state index in [-0.39, 0.29) is 5.88 Å². The number of carbonyl (C=O) groups is 1. The summed E-state index contributed by atoms with van der Waals surface area (Å²) >= 11 is 5.45. The van der Waals surface area contributed by atoms with Gasteiger partial charge in [0, 0.05) is 5.56 Å². The van der Waals surface area contributed by atoms with E-state index in [9.17, 15) is 4.79 Å². The zero-order valence-electron chi connectivity index (χ0n) is 7.40. The van der Waals surface area contributed by atoms with Crippen LogP contribution in [0.4, 0.5) is 5.69 Å². The van der Waals surface area contributed by atoms with Crippen LogP contribution < -0.4 is 11.5 Å². The Balaban J connectivity index is 2.89. The lowest BCUT2D eigenvalue weighted by Gasteiger charge is -1.97. The number of alkyl halides is 1. The van der Waals surface area contributed by atoms with Crippen molar-refractivity contribution in [3.8, 4) is 0 Å². The number of carbonyl (C=O) groups excluding carboxylic acids is 1. The van der Waals surface area contributed by atoms with Crippen molar-refractivity contribution in [3.63, 3.8) is 0 Å². The molecule has 0 aliphatic rings. The van der Waals surface area contributed by atoms with E-state index in [1.165, 1.54) is 0 Å². The molecule has 0 saturated carbocycles. The zero-order valence-corrected chi connectivity index (χ0v) is 8.16. The number of hydrogen-bond donors (Lipinski definition) is 2. The predicted molar refractivity (Wildman–Crippen MR) is 57.0 cm³/mol. The summed E-state index contributed by atoms with van der Waals surface area (Å²) in [5.41, 5.74) is 11.6. The molecule has 0 bridgehead atoms. The molecule has 5 heteroatoms. The van der Waals surface area contributed by atoms with Gasteiger partial charge in [0.15, 0.2) is 0 Å². The van der Waals surface area contributed by atoms with Gasteiger partial charge in [-0.15, -0.1) is 11.6 Å². The van der Waals surface area contributed by atoms with Crippen LogP contribution in [-0.2, 0) is 0 Å². The molecule has 1 aromatic carbocycles. The molecule has 0 spiro atoms. The van der Waals surface area contributed by atoms with Gasteiger partial charge in [-0.05, 0) is 24.3 Å². The smallest absolute Gasteiger partial charge is 0.248 e. The van der Waals surface area contributed by atoms with E-state index in [1.807, 2.05) is 0 Å². The molecule has 1 rings (SSSR count). The van der Waals surface area contributed by atoms with Gasteiger partial charge in [-0.3, -0.25) is 4.79 Å². The third-order valence-corrected chi connectivity index (χ3v) is 1.84. The lowest BCUT2D eigenvalue weighted by molar-refractivity contribution is 0.100. The van der Waals surface area contributed by atoms with E-state index in [0.717, 1.165) is 0 Å². The Hall–Kier alpha value is -1.55. The summed E-state index contributed by atoms with van der Waals surface area (Å²) in [4.78, 5) is 14.7. The molecule has 0 saturated heterocycles. The number of nitrogens with two attached hydrogens (primary N) is 2. The second kappa shape index (κ2) is 4.62. The molecule has 0 atom stereocenters. The first-order valence-corrected chi connectivity index (χ1v) is 4.46. The second-order valence-corrected chi connectivity index (χ2v) is 2.92. The van der Waals surface area contributed by atoms with Gasteiger partial charge in [-0.1, -0.05) is 0 Å². The van der Waals surface area contributed by atoms with Crippen molar-refractivity contribution in [2.24, 2.45) is 16.5 Å². The Labute approximate surface area is 86.6 Å². The highest BCUT2D eigenvalue weighted by Gasteiger charge is 1.98. The standard InChI is InChI=1S/C9H10ClN3O/c10-5-8(11)13-7-3-1-6(2-4-7)9(12)14/h1-4H,5H2,(H2,11,13)(H2,12,14). The molecular weight excluding hydrogens is 202 g/mol. The highest BCUT2D eigenvalue weighted by atomic mass is 35.5. The van der Waals surface area contributed by atoms with Gasteiger partial charge in [0.25, 0.3) is 0 Å². The van der Waals surface area contributed by atoms with Crippen LogP contribution in [0.3, 0.4) is 0 Å². The zero-order chi connectivity index (χ0) is 10.6. The molecule has 74 valence electrons. The Kier molecular flexibility index (Phi) is 3.48. The average Bonchev–Trinajstić information content (AvgIpc) is 2.18. The molecule has 0 aliphatic heterocycles. The van der Waals surface area contributed by atoms with Crippen molar-refractivity contribution < 1.29 is 4.79 Å². The van der Waals surface area contributed by atoms with Crippen molar-refractivity contribution in [2.75, 3.05) is 5.88 Å². The lowest BCUT2D eigenvalue weighted by Crippen LogP contribution is -2.12. The maximum Gasteiger partial charge on any atom is 0.248 e. The van der Waals surface area contributed by atoms with Crippen LogP contribution in [0.2, 0.25) is 0 Å². The molecule has 0 heterocycles. The van der Waals surface area contributed by atoms with Gasteiger partial charge in [-0.2, -0.15) is 0 Å². The number of hydrogen-bond acceptors (Lipinski definition) is 2. The van der Waals surface area contributed by atoms with Crippen LogP contribution in [-0.4, -0.2) is 17.6 Å². The van der Waals surface area contributed by atoms with E-state index in [4.69, 9.17) is 23.1 Å². The molecular formula is C9H10ClN3O. The Morgan fingerprint density at radius 2 is 1.86 bits per heavy atom. The van der Waals surface area contributed by atoms with Crippen LogP contribution >= 0.6 is 11.6 Å². The highest BCUT2D eigenvalue weighted by Crippen LogP contribution is 2.12. The molecule has 0 aromatic heterocycles. The van der Waals surface area contributed by atoms with Crippen molar-refractivity contribution in [1.82, 2.24) is 0 Å². The fraction of sp³-hybridized carbons (Fsp3) is 0.111. The van der Waals surface area contributed by atoms with Gasteiger partial charge in [0.1, 0.15) is 5.84 Å². The number of primary amides is 1. The van der Waals surface area contributed by atoms with Crippen LogP contribution in [0.5, 0.6) is 0 Å². The summed E-state index contributed by atoms with van der Waals surface area (Å²) in [5, 5.41) is 0. The SMILES string of the molecule is NC(=O)c1ccc(N=C(N)CCl)cc1. The summed E-state index contributed by atoms with van der Waals surface area (Å²) in [5.74, 6) is 0.0433. The number of amides is 1. The number of nitrogens with zero attached hydrogens (tertiary/aromatic N) is 1. The lowest BCUT2D eigenvalue weighted by atomic mass is 10.2. The number of halogens is 1. The van der Waals surface area contributed by atoms with Gasteiger partial charge in [0.05, 0.1) is 11.6 Å².